The fourth-order valence-corrected chi connectivity index (χ4v) is 9.77. The highest BCUT2D eigenvalue weighted by molar-refractivity contribution is 7.80. The molecule has 3 aromatic heterocycles. The van der Waals surface area contributed by atoms with Crippen LogP contribution >= 0.6 is 0 Å². The van der Waals surface area contributed by atoms with Gasteiger partial charge in [-0.2, -0.15) is 0 Å². The van der Waals surface area contributed by atoms with Gasteiger partial charge in [0.2, 0.25) is 0 Å². The van der Waals surface area contributed by atoms with Gasteiger partial charge in [-0.15, -0.1) is 0 Å². The third-order valence-electron chi connectivity index (χ3n) is 11.0. The topological polar surface area (TPSA) is 207 Å². The molecule has 4 atom stereocenters. The van der Waals surface area contributed by atoms with Crippen molar-refractivity contribution in [3.05, 3.63) is 143 Å². The number of benzene rings is 4. The Balaban J connectivity index is 1.52. The lowest BCUT2D eigenvalue weighted by molar-refractivity contribution is 0.562. The molecular weight excluding hydrogens is 917 g/mol. The molecule has 4 aromatic carbocycles. The van der Waals surface area contributed by atoms with Crippen LogP contribution in [0.15, 0.2) is 117 Å². The monoisotopic (exact) mass is 946 g/mol. The highest BCUT2D eigenvalue weighted by Gasteiger charge is 2.27. The molecule has 0 saturated heterocycles. The molecule has 0 fully saturated rings. The molecule has 2 aliphatic heterocycles. The Hall–Kier alpha value is -5.84. The van der Waals surface area contributed by atoms with E-state index in [1.54, 1.807) is 24.3 Å². The number of halogens is 4. The molecule has 0 saturated carbocycles. The van der Waals surface area contributed by atoms with Gasteiger partial charge in [-0.05, 0) is 123 Å². The first-order chi connectivity index (χ1) is 30.7. The third-order valence-corrected chi connectivity index (χ3v) is 13.6. The summed E-state index contributed by atoms with van der Waals surface area (Å²) in [6.45, 7) is 0. The van der Waals surface area contributed by atoms with E-state index >= 15 is 17.6 Å². The van der Waals surface area contributed by atoms with E-state index in [0.29, 0.717) is 0 Å². The fourth-order valence-electron chi connectivity index (χ4n) is 8.16. The Kier molecular flexibility index (Phi) is 11.7. The minimum atomic E-state index is -2.54. The van der Waals surface area contributed by atoms with Crippen molar-refractivity contribution in [2.75, 3.05) is 0 Å². The molecule has 0 spiro atoms. The predicted octanol–water partition coefficient (Wildman–Crippen LogP) is 9.43. The predicted molar refractivity (Wildman–Crippen MR) is 234 cm³/mol. The lowest BCUT2D eigenvalue weighted by atomic mass is 10.00. The number of aryl methyl sites for hydroxylation is 4. The molecule has 0 amide bonds. The van der Waals surface area contributed by atoms with E-state index in [2.05, 4.69) is 9.97 Å². The fraction of sp³-hybridized carbons (Fsp3) is 0.0909. The van der Waals surface area contributed by atoms with E-state index in [1.165, 1.54) is 24.3 Å². The number of aromatic nitrogens is 4. The Morgan fingerprint density at radius 1 is 0.375 bits per heavy atom. The second-order valence-corrected chi connectivity index (χ2v) is 18.5. The first kappa shape index (κ1) is 43.4. The molecule has 326 valence electrons. The highest BCUT2D eigenvalue weighted by atomic mass is 32.2. The standard InChI is InChI=1S/C44H30F4N4O8S4/c45-29-5-1-21(61(53)54)17-25(29)41-33-9-11-35(49-33)42(26-18-22(62(55)56)2-6-30(26)46)37-13-15-39(51-37)44(28-20-24(64(59)60)4-8-32(28)48)40-16-14-38(52-40)43(36-12-10-34(41)50-36)27-19-23(63(57)58)3-7-31(27)47/h1-9,11,14,16-20,49,52H,10,12-13,15H2,(H,53,54)(H,55,56)(H,57,58)(H,59,60). The zero-order valence-electron chi connectivity index (χ0n) is 32.5. The van der Waals surface area contributed by atoms with Gasteiger partial charge >= 0.3 is 0 Å². The summed E-state index contributed by atoms with van der Waals surface area (Å²) in [5, 5.41) is 0. The zero-order valence-corrected chi connectivity index (χ0v) is 35.8. The maximum absolute atomic E-state index is 16.1. The number of hydrogen-bond acceptors (Lipinski definition) is 6. The normalized spacial score (nSPS) is 14.6. The molecule has 6 N–H and O–H groups in total. The summed E-state index contributed by atoms with van der Waals surface area (Å²) in [6, 6.07) is 19.6. The molecule has 12 nitrogen and oxygen atoms in total. The second kappa shape index (κ2) is 17.3. The summed E-state index contributed by atoms with van der Waals surface area (Å²) in [5.41, 5.74) is 1.58. The van der Waals surface area contributed by atoms with Crippen LogP contribution in [0.1, 0.15) is 22.8 Å². The second-order valence-electron chi connectivity index (χ2n) is 14.6. The Bertz CT molecular complexity index is 2960. The van der Waals surface area contributed by atoms with Crippen molar-refractivity contribution < 1.29 is 52.6 Å². The van der Waals surface area contributed by atoms with Gasteiger partial charge in [0, 0.05) is 66.6 Å². The van der Waals surface area contributed by atoms with Gasteiger partial charge in [0.1, 0.15) is 23.3 Å². The van der Waals surface area contributed by atoms with Crippen molar-refractivity contribution in [3.63, 3.8) is 0 Å². The lowest BCUT2D eigenvalue weighted by Gasteiger charge is -2.10. The van der Waals surface area contributed by atoms with Crippen LogP contribution in [0.2, 0.25) is 0 Å². The summed E-state index contributed by atoms with van der Waals surface area (Å²) in [4.78, 5) is 15.8. The van der Waals surface area contributed by atoms with Gasteiger partial charge in [-0.3, -0.25) is 9.97 Å². The first-order valence-electron chi connectivity index (χ1n) is 19.1. The average molecular weight is 947 g/mol. The lowest BCUT2D eigenvalue weighted by Crippen LogP contribution is -1.96. The number of H-pyrrole nitrogens is 2. The molecule has 20 heteroatoms. The van der Waals surface area contributed by atoms with Crippen LogP contribution in [-0.2, 0) is 70.0 Å². The van der Waals surface area contributed by atoms with Gasteiger partial charge in [-0.1, -0.05) is 0 Å². The zero-order chi connectivity index (χ0) is 45.1. The van der Waals surface area contributed by atoms with Crippen LogP contribution < -0.4 is 0 Å². The summed E-state index contributed by atoms with van der Waals surface area (Å²) >= 11 is -10.2. The van der Waals surface area contributed by atoms with Crippen molar-refractivity contribution in [2.24, 2.45) is 0 Å². The quantitative estimate of drug-likeness (QED) is 0.0629. The van der Waals surface area contributed by atoms with Crippen LogP contribution in [0, 0.1) is 23.3 Å². The molecule has 64 heavy (non-hydrogen) atoms. The molecule has 8 bridgehead atoms. The van der Waals surface area contributed by atoms with Gasteiger partial charge in [0.25, 0.3) is 0 Å². The molecule has 2 aliphatic rings. The minimum Gasteiger partial charge on any atom is -0.354 e. The summed E-state index contributed by atoms with van der Waals surface area (Å²) in [6.07, 6.45) is 0.346. The molecule has 0 aliphatic carbocycles. The number of nitrogens with one attached hydrogen (secondary N) is 2. The van der Waals surface area contributed by atoms with Crippen molar-refractivity contribution in [2.45, 2.75) is 45.3 Å². The molecule has 0 radical (unpaired) electrons. The van der Waals surface area contributed by atoms with Crippen LogP contribution in [0.5, 0.6) is 0 Å². The number of rotatable bonds is 8. The molecule has 7 aromatic rings. The Labute approximate surface area is 370 Å². The van der Waals surface area contributed by atoms with Crippen molar-refractivity contribution >= 4 is 66.4 Å². The molecule has 4 unspecified atom stereocenters. The van der Waals surface area contributed by atoms with Gasteiger partial charge in [0.15, 0.2) is 44.3 Å². The van der Waals surface area contributed by atoms with E-state index in [-0.39, 0.29) is 135 Å². The molecule has 5 heterocycles. The summed E-state index contributed by atoms with van der Waals surface area (Å²) in [5.74, 6) is -3.20. The van der Waals surface area contributed by atoms with E-state index in [0.717, 1.165) is 48.5 Å². The van der Waals surface area contributed by atoms with Gasteiger partial charge in [-0.25, -0.2) is 34.4 Å². The maximum atomic E-state index is 16.1. The van der Waals surface area contributed by atoms with Gasteiger partial charge < -0.3 is 28.2 Å². The molecular formula is C44H30F4N4O8S4. The summed E-state index contributed by atoms with van der Waals surface area (Å²) in [7, 11) is 0. The number of fused-ring (bicyclic) bond motifs is 8. The number of aromatic amines is 2. The highest BCUT2D eigenvalue weighted by Crippen LogP contribution is 2.41. The van der Waals surface area contributed by atoms with Crippen LogP contribution in [0.4, 0.5) is 17.6 Å². The number of nitrogens with zero attached hydrogens (tertiary/aromatic N) is 2. The average Bonchev–Trinajstić information content (AvgIpc) is 4.11. The van der Waals surface area contributed by atoms with E-state index < -0.39 is 67.6 Å². The van der Waals surface area contributed by atoms with E-state index in [9.17, 15) is 35.0 Å². The largest absolute Gasteiger partial charge is 0.354 e. The van der Waals surface area contributed by atoms with Crippen LogP contribution in [0.25, 0.3) is 66.6 Å². The minimum absolute atomic E-state index is 0.0864. The third kappa shape index (κ3) is 8.00. The van der Waals surface area contributed by atoms with Crippen molar-refractivity contribution in [3.8, 4) is 44.5 Å². The summed E-state index contributed by atoms with van der Waals surface area (Å²) < 4.78 is 154. The van der Waals surface area contributed by atoms with Crippen LogP contribution in [-0.4, -0.2) is 55.0 Å². The van der Waals surface area contributed by atoms with Gasteiger partial charge in [0.05, 0.1) is 42.4 Å². The first-order valence-corrected chi connectivity index (χ1v) is 23.5. The maximum Gasteiger partial charge on any atom is 0.186 e. The SMILES string of the molecule is O=S(O)c1ccc(F)c(-c2c3nc(c(-c4cc(S(=O)O)ccc4F)c4ccc([nH]4)c(-c4cc(S(=O)O)ccc4F)c4nc(c(-c5cc(S(=O)O)ccc5F)c5ccc2[nH]5)CC4)CC3)c1. The van der Waals surface area contributed by atoms with E-state index in [4.69, 9.17) is 9.97 Å². The smallest absolute Gasteiger partial charge is 0.186 e. The Morgan fingerprint density at radius 2 is 0.594 bits per heavy atom. The van der Waals surface area contributed by atoms with E-state index in [1.807, 2.05) is 0 Å². The molecule has 9 rings (SSSR count). The van der Waals surface area contributed by atoms with Crippen LogP contribution in [0.3, 0.4) is 0 Å². The van der Waals surface area contributed by atoms with Crippen molar-refractivity contribution in [1.29, 1.82) is 0 Å². The number of hydrogen-bond donors (Lipinski definition) is 6. The Morgan fingerprint density at radius 3 is 0.797 bits per heavy atom. The van der Waals surface area contributed by atoms with Crippen molar-refractivity contribution in [1.82, 2.24) is 19.9 Å².